The van der Waals surface area contributed by atoms with Crippen LogP contribution in [0.25, 0.3) is 0 Å². The summed E-state index contributed by atoms with van der Waals surface area (Å²) in [6.45, 7) is 29.8. The third-order valence-electron chi connectivity index (χ3n) is 6.36. The lowest BCUT2D eigenvalue weighted by atomic mass is 9.95. The molecule has 0 aliphatic rings. The summed E-state index contributed by atoms with van der Waals surface area (Å²) in [6.07, 6.45) is 0. The highest BCUT2D eigenvalue weighted by atomic mass is 16.6. The van der Waals surface area contributed by atoms with Crippen LogP contribution in [0.4, 0.5) is 0 Å². The van der Waals surface area contributed by atoms with Gasteiger partial charge in [0.1, 0.15) is 13.2 Å². The second kappa shape index (κ2) is 50.8. The van der Waals surface area contributed by atoms with E-state index >= 15 is 0 Å². The molecule has 0 unspecified atom stereocenters. The first-order chi connectivity index (χ1) is 19.3. The standard InChI is InChI=1S/C17H35NO4.C14H29NO4.10CH4/c1-7-18(8-2)9-10-22-16(19)17(5,6)14-21-12-11-20-13-15(3)4;1-6-15(7-2)8-9-19-13(16)14(3,4)12-18-11-10-17-5;;;;;;;;;;/h15H,7-14H2,1-6H3;6-12H2,1-5H3;10*1H4. The van der Waals surface area contributed by atoms with E-state index in [0.29, 0.717) is 58.8 Å². The number of methoxy groups -OCH3 is 1. The first-order valence-corrected chi connectivity index (χ1v) is 15.3. The van der Waals surface area contributed by atoms with E-state index in [-0.39, 0.29) is 86.2 Å². The van der Waals surface area contributed by atoms with Crippen molar-refractivity contribution in [3.8, 4) is 0 Å². The normalized spacial score (nSPS) is 9.69. The fraction of sp³-hybridized carbons (Fsp3) is 0.951. The Hall–Kier alpha value is -1.30. The molecule has 0 saturated heterocycles. The minimum atomic E-state index is -0.624. The van der Waals surface area contributed by atoms with Crippen LogP contribution < -0.4 is 0 Å². The molecule has 51 heavy (non-hydrogen) atoms. The molecule has 0 saturated carbocycles. The van der Waals surface area contributed by atoms with Crippen molar-refractivity contribution in [3.05, 3.63) is 0 Å². The Morgan fingerprint density at radius 1 is 0.510 bits per heavy atom. The van der Waals surface area contributed by atoms with Crippen LogP contribution in [0, 0.1) is 16.7 Å². The minimum Gasteiger partial charge on any atom is -0.464 e. The summed E-state index contributed by atoms with van der Waals surface area (Å²) in [6, 6.07) is 0. The Bertz CT molecular complexity index is 639. The van der Waals surface area contributed by atoms with Crippen LogP contribution in [0.15, 0.2) is 0 Å². The predicted octanol–water partition coefficient (Wildman–Crippen LogP) is 10.5. The molecule has 0 atom stereocenters. The van der Waals surface area contributed by atoms with Crippen LogP contribution >= 0.6 is 0 Å². The van der Waals surface area contributed by atoms with Gasteiger partial charge in [0.15, 0.2) is 0 Å². The van der Waals surface area contributed by atoms with Crippen LogP contribution in [0.3, 0.4) is 0 Å². The molecule has 0 aromatic carbocycles. The fourth-order valence-electron chi connectivity index (χ4n) is 3.36. The Kier molecular flexibility index (Phi) is 82.6. The minimum absolute atomic E-state index is 0. The largest absolute Gasteiger partial charge is 0.464 e. The van der Waals surface area contributed by atoms with Crippen molar-refractivity contribution in [1.82, 2.24) is 9.80 Å². The lowest BCUT2D eigenvalue weighted by Crippen LogP contribution is -2.35. The third-order valence-corrected chi connectivity index (χ3v) is 6.36. The molecule has 0 aromatic heterocycles. The number of nitrogens with zero attached hydrogens (tertiary/aromatic N) is 2. The molecule has 0 aliphatic carbocycles. The molecule has 0 rings (SSSR count). The molecule has 0 aliphatic heterocycles. The number of esters is 2. The van der Waals surface area contributed by atoms with Gasteiger partial charge in [0.2, 0.25) is 0 Å². The van der Waals surface area contributed by atoms with Crippen molar-refractivity contribution in [3.63, 3.8) is 0 Å². The highest BCUT2D eigenvalue weighted by Gasteiger charge is 2.30. The zero-order valence-corrected chi connectivity index (χ0v) is 28.3. The van der Waals surface area contributed by atoms with Gasteiger partial charge in [0.05, 0.1) is 50.5 Å². The van der Waals surface area contributed by atoms with Crippen molar-refractivity contribution in [1.29, 1.82) is 0 Å². The van der Waals surface area contributed by atoms with Crippen LogP contribution in [0.1, 0.15) is 144 Å². The first-order valence-electron chi connectivity index (χ1n) is 15.3. The first kappa shape index (κ1) is 82.9. The summed E-state index contributed by atoms with van der Waals surface area (Å²) in [4.78, 5) is 28.5. The summed E-state index contributed by atoms with van der Waals surface area (Å²) < 4.78 is 31.9. The summed E-state index contributed by atoms with van der Waals surface area (Å²) >= 11 is 0. The molecule has 0 fully saturated rings. The van der Waals surface area contributed by atoms with E-state index in [0.717, 1.165) is 45.9 Å². The zero-order valence-electron chi connectivity index (χ0n) is 28.3. The molecule has 0 heterocycles. The van der Waals surface area contributed by atoms with E-state index in [9.17, 15) is 9.59 Å². The fourth-order valence-corrected chi connectivity index (χ4v) is 3.36. The van der Waals surface area contributed by atoms with E-state index in [4.69, 9.17) is 28.4 Å². The number of rotatable bonds is 24. The Morgan fingerprint density at radius 3 is 1.08 bits per heavy atom. The average Bonchev–Trinajstić information content (AvgIpc) is 2.93. The third kappa shape index (κ3) is 46.7. The van der Waals surface area contributed by atoms with Crippen molar-refractivity contribution >= 4 is 11.9 Å². The number of likely N-dealkylation sites (N-methyl/N-ethyl adjacent to an activating group) is 2. The van der Waals surface area contributed by atoms with Crippen LogP contribution in [-0.2, 0) is 38.0 Å². The number of carbonyl (C=O) groups is 2. The number of hydrogen-bond donors (Lipinski definition) is 0. The molecule has 0 aromatic rings. The van der Waals surface area contributed by atoms with Crippen LogP contribution in [0.2, 0.25) is 0 Å². The van der Waals surface area contributed by atoms with Gasteiger partial charge in [-0.1, -0.05) is 116 Å². The molecule has 10 heteroatoms. The van der Waals surface area contributed by atoms with Gasteiger partial charge in [0, 0.05) is 26.8 Å². The van der Waals surface area contributed by atoms with E-state index in [1.807, 2.05) is 27.7 Å². The maximum absolute atomic E-state index is 12.1. The summed E-state index contributed by atoms with van der Waals surface area (Å²) in [5.41, 5.74) is -1.24. The molecule has 0 N–H and O–H groups in total. The quantitative estimate of drug-likeness (QED) is 0.0700. The molecule has 0 spiro atoms. The highest BCUT2D eigenvalue weighted by molar-refractivity contribution is 5.76. The van der Waals surface area contributed by atoms with Crippen molar-refractivity contribution in [2.45, 2.75) is 144 Å². The van der Waals surface area contributed by atoms with Gasteiger partial charge < -0.3 is 38.2 Å². The van der Waals surface area contributed by atoms with Crippen LogP contribution in [-0.4, -0.2) is 128 Å². The lowest BCUT2D eigenvalue weighted by molar-refractivity contribution is -0.158. The topological polar surface area (TPSA) is 96.0 Å². The van der Waals surface area contributed by atoms with Gasteiger partial charge >= 0.3 is 11.9 Å². The number of ether oxygens (including phenoxy) is 6. The SMILES string of the molecule is C.C.C.C.C.C.C.C.C.C.CCN(CC)CCOC(=O)C(C)(C)COCCOC.CCN(CC)CCOC(=O)C(C)(C)COCCOCC(C)C. The molecule has 0 amide bonds. The maximum Gasteiger partial charge on any atom is 0.313 e. The van der Waals surface area contributed by atoms with Crippen molar-refractivity contribution in [2.75, 3.05) is 106 Å². The summed E-state index contributed by atoms with van der Waals surface area (Å²) in [7, 11) is 1.62. The number of hydrogen-bond acceptors (Lipinski definition) is 10. The number of carbonyl (C=O) groups excluding carboxylic acids is 2. The van der Waals surface area contributed by atoms with Gasteiger partial charge in [-0.2, -0.15) is 0 Å². The van der Waals surface area contributed by atoms with Gasteiger partial charge in [-0.15, -0.1) is 0 Å². The Balaban J connectivity index is -0.0000000502. The van der Waals surface area contributed by atoms with E-state index in [1.165, 1.54) is 0 Å². The monoisotopic (exact) mass is 753 g/mol. The van der Waals surface area contributed by atoms with E-state index in [2.05, 4.69) is 51.3 Å². The van der Waals surface area contributed by atoms with Gasteiger partial charge in [-0.05, 0) is 59.8 Å². The van der Waals surface area contributed by atoms with Crippen molar-refractivity contribution < 1.29 is 38.0 Å². The Morgan fingerprint density at radius 2 is 0.804 bits per heavy atom. The van der Waals surface area contributed by atoms with Gasteiger partial charge in [-0.25, -0.2) is 0 Å². The molecule has 326 valence electrons. The zero-order chi connectivity index (χ0) is 31.7. The Labute approximate surface area is 325 Å². The van der Waals surface area contributed by atoms with Gasteiger partial charge in [-0.3, -0.25) is 9.59 Å². The molecule has 0 bridgehead atoms. The van der Waals surface area contributed by atoms with Gasteiger partial charge in [0.25, 0.3) is 0 Å². The van der Waals surface area contributed by atoms with Crippen molar-refractivity contribution in [2.24, 2.45) is 16.7 Å². The second-order valence-electron chi connectivity index (χ2n) is 11.7. The molecule has 0 radical (unpaired) electrons. The maximum atomic E-state index is 12.1. The average molecular weight is 753 g/mol. The molecular weight excluding hydrogens is 648 g/mol. The van der Waals surface area contributed by atoms with Crippen LogP contribution in [0.5, 0.6) is 0 Å². The van der Waals surface area contributed by atoms with E-state index < -0.39 is 10.8 Å². The van der Waals surface area contributed by atoms with E-state index in [1.54, 1.807) is 7.11 Å². The summed E-state index contributed by atoms with van der Waals surface area (Å²) in [5.74, 6) is 0.108. The second-order valence-corrected chi connectivity index (χ2v) is 11.7. The summed E-state index contributed by atoms with van der Waals surface area (Å²) in [5, 5.41) is 0. The predicted molar refractivity (Wildman–Crippen MR) is 232 cm³/mol. The molecular formula is C41H104N2O8. The highest BCUT2D eigenvalue weighted by Crippen LogP contribution is 2.18. The smallest absolute Gasteiger partial charge is 0.313 e. The molecule has 10 nitrogen and oxygen atoms in total. The lowest BCUT2D eigenvalue weighted by Gasteiger charge is -2.24.